The molecule has 1 saturated heterocycles. The Hall–Kier alpha value is -3.02. The number of amides is 2. The van der Waals surface area contributed by atoms with E-state index in [1.165, 1.54) is 16.7 Å². The van der Waals surface area contributed by atoms with Crippen LogP contribution in [0.5, 0.6) is 5.75 Å². The third-order valence-corrected chi connectivity index (χ3v) is 6.45. The fraction of sp³-hybridized carbons (Fsp3) is 0.458. The molecule has 3 rings (SSSR count). The van der Waals surface area contributed by atoms with E-state index in [9.17, 15) is 19.5 Å². The van der Waals surface area contributed by atoms with Crippen LogP contribution in [0.15, 0.2) is 47.7 Å². The van der Waals surface area contributed by atoms with Gasteiger partial charge < -0.3 is 30.4 Å². The van der Waals surface area contributed by atoms with Crippen molar-refractivity contribution in [3.05, 3.63) is 53.3 Å². The molecule has 1 aromatic rings. The Labute approximate surface area is 208 Å². The molecule has 2 heterocycles. The van der Waals surface area contributed by atoms with Crippen molar-refractivity contribution in [1.82, 2.24) is 10.2 Å². The molecule has 4 N–H and O–H groups in total. The number of nitrogens with one attached hydrogen (secondary N) is 1. The number of allylic oxidation sites excluding steroid dienone is 1. The van der Waals surface area contributed by atoms with Crippen LogP contribution < -0.4 is 15.8 Å². The van der Waals surface area contributed by atoms with E-state index in [0.717, 1.165) is 5.56 Å². The molecule has 2 aliphatic rings. The van der Waals surface area contributed by atoms with Crippen molar-refractivity contribution in [2.45, 2.75) is 50.4 Å². The maximum absolute atomic E-state index is 13.1. The summed E-state index contributed by atoms with van der Waals surface area (Å²) >= 11 is 1.39. The average Bonchev–Trinajstić information content (AvgIpc) is 2.82. The molecule has 0 spiro atoms. The van der Waals surface area contributed by atoms with Crippen LogP contribution >= 0.6 is 11.8 Å². The molecule has 0 saturated carbocycles. The number of β-lactam (4-membered cyclic amide) rings is 1. The van der Waals surface area contributed by atoms with Crippen molar-refractivity contribution < 1.29 is 33.7 Å². The predicted octanol–water partition coefficient (Wildman–Crippen LogP) is 1.68. The van der Waals surface area contributed by atoms with Gasteiger partial charge in [-0.3, -0.25) is 9.69 Å². The topological polar surface area (TPSA) is 140 Å². The number of aliphatic hydroxyl groups excluding tert-OH is 1. The largest absolute Gasteiger partial charge is 0.497 e. The van der Waals surface area contributed by atoms with Gasteiger partial charge in [0.05, 0.1) is 13.7 Å². The highest BCUT2D eigenvalue weighted by molar-refractivity contribution is 8.00. The smallest absolute Gasteiger partial charge is 0.408 e. The minimum absolute atomic E-state index is 0.00109. The molecule has 2 amide bonds. The van der Waals surface area contributed by atoms with Gasteiger partial charge in [-0.15, -0.1) is 11.8 Å². The second kappa shape index (κ2) is 11.1. The Morgan fingerprint density at radius 3 is 2.60 bits per heavy atom. The zero-order valence-electron chi connectivity index (χ0n) is 20.1. The van der Waals surface area contributed by atoms with Crippen molar-refractivity contribution in [3.63, 3.8) is 0 Å². The van der Waals surface area contributed by atoms with Crippen molar-refractivity contribution in [1.29, 1.82) is 0 Å². The summed E-state index contributed by atoms with van der Waals surface area (Å²) < 4.78 is 15.9. The number of methoxy groups -OCH3 is 1. The molecular weight excluding hydrogens is 474 g/mol. The van der Waals surface area contributed by atoms with E-state index >= 15 is 0 Å². The number of ether oxygens (including phenoxy) is 3. The number of aliphatic hydroxyl groups is 1. The highest BCUT2D eigenvalue weighted by Crippen LogP contribution is 2.41. The number of nitrogens with two attached hydrogens (primary N) is 1. The van der Waals surface area contributed by atoms with Crippen molar-refractivity contribution in [2.75, 3.05) is 19.5 Å². The quantitative estimate of drug-likeness (QED) is 0.355. The van der Waals surface area contributed by atoms with Gasteiger partial charge in [-0.1, -0.05) is 24.3 Å². The summed E-state index contributed by atoms with van der Waals surface area (Å²) in [7, 11) is 1.56. The number of nitrogens with zero attached hydrogens (tertiary/aromatic N) is 1. The highest BCUT2D eigenvalue weighted by atomic mass is 32.2. The van der Waals surface area contributed by atoms with E-state index in [2.05, 4.69) is 5.32 Å². The molecule has 0 aromatic heterocycles. The van der Waals surface area contributed by atoms with Crippen molar-refractivity contribution in [2.24, 2.45) is 5.73 Å². The second-order valence-corrected chi connectivity index (χ2v) is 10.1. The van der Waals surface area contributed by atoms with Crippen LogP contribution in [0.25, 0.3) is 0 Å². The van der Waals surface area contributed by atoms with E-state index < -0.39 is 41.0 Å². The zero-order valence-corrected chi connectivity index (χ0v) is 21.0. The number of hydrogen-bond acceptors (Lipinski definition) is 9. The van der Waals surface area contributed by atoms with Gasteiger partial charge >= 0.3 is 12.1 Å². The Bertz CT molecular complexity index is 1020. The maximum Gasteiger partial charge on any atom is 0.408 e. The van der Waals surface area contributed by atoms with Crippen LogP contribution in [0.2, 0.25) is 0 Å². The van der Waals surface area contributed by atoms with Gasteiger partial charge in [0, 0.05) is 11.8 Å². The summed E-state index contributed by atoms with van der Waals surface area (Å²) in [6, 6.07) is 5.62. The lowest BCUT2D eigenvalue weighted by Gasteiger charge is -2.49. The summed E-state index contributed by atoms with van der Waals surface area (Å²) in [5.41, 5.74) is 6.44. The van der Waals surface area contributed by atoms with Gasteiger partial charge in [-0.25, -0.2) is 9.59 Å². The molecule has 1 aromatic carbocycles. The van der Waals surface area contributed by atoms with Gasteiger partial charge in [0.25, 0.3) is 5.91 Å². The predicted molar refractivity (Wildman–Crippen MR) is 130 cm³/mol. The van der Waals surface area contributed by atoms with Gasteiger partial charge in [0.2, 0.25) is 0 Å². The fourth-order valence-electron chi connectivity index (χ4n) is 3.43. The Morgan fingerprint density at radius 1 is 1.31 bits per heavy atom. The molecule has 0 unspecified atom stereocenters. The van der Waals surface area contributed by atoms with Crippen molar-refractivity contribution >= 4 is 29.7 Å². The first-order valence-corrected chi connectivity index (χ1v) is 12.1. The van der Waals surface area contributed by atoms with Crippen molar-refractivity contribution in [3.8, 4) is 5.75 Å². The molecule has 10 nitrogen and oxygen atoms in total. The number of alkyl carbamates (subject to hydrolysis) is 1. The first-order valence-electron chi connectivity index (χ1n) is 11.1. The lowest BCUT2D eigenvalue weighted by Crippen LogP contribution is -2.70. The minimum atomic E-state index is -0.829. The number of carbonyl (C=O) groups excluding carboxylic acids is 3. The summed E-state index contributed by atoms with van der Waals surface area (Å²) in [5, 5.41) is 11.3. The first-order chi connectivity index (χ1) is 16.5. The van der Waals surface area contributed by atoms with Gasteiger partial charge in [-0.05, 0) is 44.0 Å². The van der Waals surface area contributed by atoms with Crippen LogP contribution in [0, 0.1) is 0 Å². The second-order valence-electron chi connectivity index (χ2n) is 9.04. The number of benzene rings is 1. The molecule has 2 aliphatic heterocycles. The maximum atomic E-state index is 13.1. The summed E-state index contributed by atoms with van der Waals surface area (Å²) in [4.78, 5) is 39.7. The molecule has 3 atom stereocenters. The molecule has 190 valence electrons. The molecule has 11 heteroatoms. The molecule has 0 aliphatic carbocycles. The Balaban J connectivity index is 1.78. The monoisotopic (exact) mass is 505 g/mol. The van der Waals surface area contributed by atoms with Crippen LogP contribution in [0.3, 0.4) is 0 Å². The van der Waals surface area contributed by atoms with E-state index in [1.807, 2.05) is 0 Å². The Morgan fingerprint density at radius 2 is 2.00 bits per heavy atom. The minimum Gasteiger partial charge on any atom is -0.497 e. The van der Waals surface area contributed by atoms with Gasteiger partial charge in [0.1, 0.15) is 35.1 Å². The van der Waals surface area contributed by atoms with Crippen LogP contribution in [0.1, 0.15) is 26.3 Å². The third-order valence-electron chi connectivity index (χ3n) is 5.15. The average molecular weight is 506 g/mol. The van der Waals surface area contributed by atoms with Gasteiger partial charge in [0.15, 0.2) is 0 Å². The van der Waals surface area contributed by atoms with E-state index in [1.54, 1.807) is 64.3 Å². The summed E-state index contributed by atoms with van der Waals surface area (Å²) in [6.45, 7) is 4.92. The third kappa shape index (κ3) is 6.56. The molecule has 35 heavy (non-hydrogen) atoms. The van der Waals surface area contributed by atoms with Crippen LogP contribution in [0.4, 0.5) is 4.79 Å². The Kier molecular flexibility index (Phi) is 8.47. The number of carbonyl (C=O) groups is 3. The van der Waals surface area contributed by atoms with Gasteiger partial charge in [-0.2, -0.15) is 0 Å². The molecular formula is C24H31N3O7S. The zero-order chi connectivity index (χ0) is 25.8. The standard InChI is InChI=1S/C24H31N3O7S/c1-24(2,3)34-23(31)26-18-20(29)27-19(15(13-35-21(18)27)7-8-16(25)11-28)22(30)33-12-14-5-9-17(32-4)10-6-14/h5-10,16,18,21,28H,11-13,25H2,1-4H3,(H,26,31)/b8-7+/t16-,18+,21+/m0/s1. The van der Waals surface area contributed by atoms with Crippen LogP contribution in [-0.2, 0) is 25.7 Å². The van der Waals surface area contributed by atoms with E-state index in [-0.39, 0.29) is 18.9 Å². The van der Waals surface area contributed by atoms with E-state index in [0.29, 0.717) is 17.1 Å². The lowest BCUT2D eigenvalue weighted by molar-refractivity contribution is -0.152. The fourth-order valence-corrected chi connectivity index (χ4v) is 4.75. The normalized spacial score (nSPS) is 20.7. The number of hydrogen-bond donors (Lipinski definition) is 3. The first kappa shape index (κ1) is 26.6. The molecule has 0 radical (unpaired) electrons. The molecule has 1 fully saturated rings. The van der Waals surface area contributed by atoms with E-state index in [4.69, 9.17) is 19.9 Å². The highest BCUT2D eigenvalue weighted by Gasteiger charge is 2.54. The summed E-state index contributed by atoms with van der Waals surface area (Å²) in [6.07, 6.45) is 2.48. The lowest BCUT2D eigenvalue weighted by atomic mass is 10.0. The SMILES string of the molecule is COc1ccc(COC(=O)C2=C(/C=C/[C@H](N)CO)CS[C@@H]3[C@H](NC(=O)OC(C)(C)C)C(=O)N23)cc1. The molecule has 0 bridgehead atoms. The number of thioether (sulfide) groups is 1. The van der Waals surface area contributed by atoms with Crippen LogP contribution in [-0.4, -0.2) is 70.5 Å². The summed E-state index contributed by atoms with van der Waals surface area (Å²) in [5.74, 6) is -0.0609. The number of rotatable bonds is 8. The number of fused-ring (bicyclic) bond motifs is 1. The number of esters is 1.